The molecule has 1 aromatic rings. The van der Waals surface area contributed by atoms with Crippen molar-refractivity contribution in [1.29, 1.82) is 0 Å². The van der Waals surface area contributed by atoms with Gasteiger partial charge in [0.2, 0.25) is 0 Å². The van der Waals surface area contributed by atoms with Crippen LogP contribution in [0, 0.1) is 0 Å². The van der Waals surface area contributed by atoms with E-state index >= 15 is 0 Å². The molecule has 0 aromatic carbocycles. The lowest BCUT2D eigenvalue weighted by atomic mass is 10.3. The summed E-state index contributed by atoms with van der Waals surface area (Å²) < 4.78 is 5.42. The zero-order valence-corrected chi connectivity index (χ0v) is 8.90. The van der Waals surface area contributed by atoms with Gasteiger partial charge in [0.15, 0.2) is 5.76 Å². The second-order valence-electron chi connectivity index (χ2n) is 3.70. The Morgan fingerprint density at radius 3 is 2.80 bits per heavy atom. The van der Waals surface area contributed by atoms with Gasteiger partial charge < -0.3 is 9.32 Å². The molecule has 0 bridgehead atoms. The number of rotatable bonds is 2. The molecule has 0 N–H and O–H groups in total. The van der Waals surface area contributed by atoms with Gasteiger partial charge in [-0.1, -0.05) is 6.08 Å². The second-order valence-corrected chi connectivity index (χ2v) is 3.70. The van der Waals surface area contributed by atoms with Crippen LogP contribution >= 0.6 is 0 Å². The van der Waals surface area contributed by atoms with E-state index < -0.39 is 0 Å². The highest BCUT2D eigenvalue weighted by atomic mass is 16.3. The van der Waals surface area contributed by atoms with Crippen LogP contribution < -0.4 is 0 Å². The Kier molecular flexibility index (Phi) is 2.90. The monoisotopic (exact) mass is 205 g/mol. The topological polar surface area (TPSA) is 33.5 Å². The summed E-state index contributed by atoms with van der Waals surface area (Å²) in [4.78, 5) is 13.7. The quantitative estimate of drug-likeness (QED) is 0.743. The maximum atomic E-state index is 11.9. The first-order valence-electron chi connectivity index (χ1n) is 5.33. The van der Waals surface area contributed by atoms with Crippen LogP contribution in [0.2, 0.25) is 0 Å². The number of amides is 1. The van der Waals surface area contributed by atoms with Crippen LogP contribution in [0.4, 0.5) is 0 Å². The SMILES string of the molecule is C/C=C/c1ccc(C(=O)N2CCCC2)o1. The number of nitrogens with zero attached hydrogens (tertiary/aromatic N) is 1. The van der Waals surface area contributed by atoms with E-state index in [2.05, 4.69) is 0 Å². The van der Waals surface area contributed by atoms with Gasteiger partial charge in [-0.3, -0.25) is 4.79 Å². The van der Waals surface area contributed by atoms with Crippen LogP contribution in [-0.2, 0) is 0 Å². The van der Waals surface area contributed by atoms with E-state index in [0.29, 0.717) is 5.76 Å². The number of hydrogen-bond donors (Lipinski definition) is 0. The van der Waals surface area contributed by atoms with Crippen molar-refractivity contribution in [3.63, 3.8) is 0 Å². The summed E-state index contributed by atoms with van der Waals surface area (Å²) in [6, 6.07) is 3.57. The standard InChI is InChI=1S/C12H15NO2/c1-2-5-10-6-7-11(15-10)12(14)13-8-3-4-9-13/h2,5-7H,3-4,8-9H2,1H3/b5-2+. The van der Waals surface area contributed by atoms with Crippen LogP contribution in [0.1, 0.15) is 36.1 Å². The lowest BCUT2D eigenvalue weighted by Crippen LogP contribution is -2.27. The largest absolute Gasteiger partial charge is 0.452 e. The molecule has 3 nitrogen and oxygen atoms in total. The molecule has 1 aromatic heterocycles. The molecule has 2 rings (SSSR count). The van der Waals surface area contributed by atoms with Crippen molar-refractivity contribution in [3.05, 3.63) is 29.7 Å². The summed E-state index contributed by atoms with van der Waals surface area (Å²) in [6.07, 6.45) is 5.95. The molecule has 0 radical (unpaired) electrons. The maximum Gasteiger partial charge on any atom is 0.289 e. The zero-order valence-electron chi connectivity index (χ0n) is 8.90. The molecule has 15 heavy (non-hydrogen) atoms. The summed E-state index contributed by atoms with van der Waals surface area (Å²) in [6.45, 7) is 3.64. The fourth-order valence-electron chi connectivity index (χ4n) is 1.80. The third-order valence-electron chi connectivity index (χ3n) is 2.56. The van der Waals surface area contributed by atoms with Crippen LogP contribution in [-0.4, -0.2) is 23.9 Å². The molecule has 1 amide bonds. The third-order valence-corrected chi connectivity index (χ3v) is 2.56. The minimum absolute atomic E-state index is 0.0169. The predicted octanol–water partition coefficient (Wildman–Crippen LogP) is 2.55. The van der Waals surface area contributed by atoms with Crippen LogP contribution in [0.15, 0.2) is 22.6 Å². The Labute approximate surface area is 89.4 Å². The van der Waals surface area contributed by atoms with Gasteiger partial charge in [-0.05, 0) is 38.0 Å². The highest BCUT2D eigenvalue weighted by Crippen LogP contribution is 2.15. The van der Waals surface area contributed by atoms with Crippen molar-refractivity contribution in [3.8, 4) is 0 Å². The Balaban J connectivity index is 2.11. The lowest BCUT2D eigenvalue weighted by molar-refractivity contribution is 0.0761. The molecule has 1 fully saturated rings. The Hall–Kier alpha value is -1.51. The Bertz CT molecular complexity index is 373. The summed E-state index contributed by atoms with van der Waals surface area (Å²) in [7, 11) is 0. The molecule has 1 saturated heterocycles. The van der Waals surface area contributed by atoms with Gasteiger partial charge in [0, 0.05) is 13.1 Å². The van der Waals surface area contributed by atoms with Gasteiger partial charge in [-0.15, -0.1) is 0 Å². The Morgan fingerprint density at radius 1 is 1.40 bits per heavy atom. The molecule has 0 spiro atoms. The molecule has 0 aliphatic carbocycles. The first kappa shape index (κ1) is 10.0. The van der Waals surface area contributed by atoms with Crippen molar-refractivity contribution in [2.45, 2.75) is 19.8 Å². The maximum absolute atomic E-state index is 11.9. The van der Waals surface area contributed by atoms with Crippen LogP contribution in [0.5, 0.6) is 0 Å². The highest BCUT2D eigenvalue weighted by Gasteiger charge is 2.21. The minimum atomic E-state index is 0.0169. The van der Waals surface area contributed by atoms with Gasteiger partial charge in [-0.2, -0.15) is 0 Å². The molecular weight excluding hydrogens is 190 g/mol. The van der Waals surface area contributed by atoms with Crippen LogP contribution in [0.25, 0.3) is 6.08 Å². The van der Waals surface area contributed by atoms with E-state index in [1.54, 1.807) is 6.07 Å². The normalized spacial score (nSPS) is 16.5. The molecule has 2 heterocycles. The van der Waals surface area contributed by atoms with E-state index in [-0.39, 0.29) is 5.91 Å². The number of allylic oxidation sites excluding steroid dienone is 1. The molecule has 0 atom stereocenters. The number of carbonyl (C=O) groups excluding carboxylic acids is 1. The van der Waals surface area contributed by atoms with Gasteiger partial charge >= 0.3 is 0 Å². The van der Waals surface area contributed by atoms with Gasteiger partial charge in [-0.25, -0.2) is 0 Å². The molecule has 3 heteroatoms. The fourth-order valence-corrected chi connectivity index (χ4v) is 1.80. The van der Waals surface area contributed by atoms with Gasteiger partial charge in [0.1, 0.15) is 5.76 Å². The van der Waals surface area contributed by atoms with Crippen molar-refractivity contribution >= 4 is 12.0 Å². The van der Waals surface area contributed by atoms with Crippen molar-refractivity contribution in [2.75, 3.05) is 13.1 Å². The Morgan fingerprint density at radius 2 is 2.13 bits per heavy atom. The smallest absolute Gasteiger partial charge is 0.289 e. The molecule has 0 saturated carbocycles. The molecule has 1 aliphatic rings. The average molecular weight is 205 g/mol. The van der Waals surface area contributed by atoms with E-state index in [1.165, 1.54) is 0 Å². The molecule has 0 unspecified atom stereocenters. The third kappa shape index (κ3) is 2.12. The van der Waals surface area contributed by atoms with E-state index in [1.807, 2.05) is 30.0 Å². The fraction of sp³-hybridized carbons (Fsp3) is 0.417. The van der Waals surface area contributed by atoms with Gasteiger partial charge in [0.25, 0.3) is 5.91 Å². The number of furan rings is 1. The van der Waals surface area contributed by atoms with Crippen molar-refractivity contribution in [1.82, 2.24) is 4.90 Å². The second kappa shape index (κ2) is 4.34. The predicted molar refractivity (Wildman–Crippen MR) is 58.6 cm³/mol. The first-order valence-corrected chi connectivity index (χ1v) is 5.33. The summed E-state index contributed by atoms with van der Waals surface area (Å²) in [5.74, 6) is 1.20. The molecule has 1 aliphatic heterocycles. The first-order chi connectivity index (χ1) is 7.31. The summed E-state index contributed by atoms with van der Waals surface area (Å²) >= 11 is 0. The summed E-state index contributed by atoms with van der Waals surface area (Å²) in [5, 5.41) is 0. The number of likely N-dealkylation sites (tertiary alicyclic amines) is 1. The lowest BCUT2D eigenvalue weighted by Gasteiger charge is -2.12. The molecular formula is C12H15NO2. The van der Waals surface area contributed by atoms with Crippen LogP contribution in [0.3, 0.4) is 0 Å². The highest BCUT2D eigenvalue weighted by molar-refractivity contribution is 5.91. The number of hydrogen-bond acceptors (Lipinski definition) is 2. The molecule has 80 valence electrons. The average Bonchev–Trinajstić information content (AvgIpc) is 2.87. The summed E-state index contributed by atoms with van der Waals surface area (Å²) in [5.41, 5.74) is 0. The van der Waals surface area contributed by atoms with E-state index in [0.717, 1.165) is 31.7 Å². The van der Waals surface area contributed by atoms with Crippen molar-refractivity contribution in [2.24, 2.45) is 0 Å². The van der Waals surface area contributed by atoms with Gasteiger partial charge in [0.05, 0.1) is 0 Å². The van der Waals surface area contributed by atoms with E-state index in [9.17, 15) is 4.79 Å². The minimum Gasteiger partial charge on any atom is -0.452 e. The van der Waals surface area contributed by atoms with Crippen molar-refractivity contribution < 1.29 is 9.21 Å². The number of carbonyl (C=O) groups is 1. The van der Waals surface area contributed by atoms with E-state index in [4.69, 9.17) is 4.42 Å². The zero-order chi connectivity index (χ0) is 10.7.